The van der Waals surface area contributed by atoms with E-state index in [1.807, 2.05) is 35.2 Å². The Morgan fingerprint density at radius 2 is 1.93 bits per heavy atom. The Morgan fingerprint density at radius 1 is 1.15 bits per heavy atom. The first-order chi connectivity index (χ1) is 19.8. The molecule has 0 amide bonds. The number of hydrogen-bond donors (Lipinski definition) is 0. The first-order valence-electron chi connectivity index (χ1n) is 14.0. The summed E-state index contributed by atoms with van der Waals surface area (Å²) in [5.74, 6) is 1.54. The maximum atomic E-state index is 15.6. The predicted molar refractivity (Wildman–Crippen MR) is 157 cm³/mol. The molecular formula is C31H33FN4O4S. The normalized spacial score (nSPS) is 18.4. The SMILES string of the molecule is COc1ccc(Cn2c(C3(F)CC3)nc3sc(N4CCC[C@@H]4C(=O)C[C@H](C)c4ccccc4)nc3c2=O)c(OC)c1. The highest BCUT2D eigenvalue weighted by Crippen LogP contribution is 2.49. The molecule has 0 N–H and O–H groups in total. The third-order valence-corrected chi connectivity index (χ3v) is 9.15. The maximum absolute atomic E-state index is 15.6. The fourth-order valence-corrected chi connectivity index (χ4v) is 6.67. The van der Waals surface area contributed by atoms with E-state index in [4.69, 9.17) is 14.5 Å². The minimum atomic E-state index is -1.64. The van der Waals surface area contributed by atoms with E-state index in [2.05, 4.69) is 11.9 Å². The number of ether oxygens (including phenoxy) is 2. The molecule has 2 aromatic carbocycles. The number of hydrogen-bond acceptors (Lipinski definition) is 8. The van der Waals surface area contributed by atoms with E-state index in [1.54, 1.807) is 32.4 Å². The molecule has 2 aromatic heterocycles. The van der Waals surface area contributed by atoms with Gasteiger partial charge in [-0.2, -0.15) is 0 Å². The number of carbonyl (C=O) groups is 1. The number of ketones is 1. The van der Waals surface area contributed by atoms with Crippen LogP contribution in [0.3, 0.4) is 0 Å². The maximum Gasteiger partial charge on any atom is 0.281 e. The average Bonchev–Trinajstić information content (AvgIpc) is 3.36. The zero-order chi connectivity index (χ0) is 28.7. The van der Waals surface area contributed by atoms with Crippen LogP contribution in [0.4, 0.5) is 9.52 Å². The Balaban J connectivity index is 1.33. The van der Waals surface area contributed by atoms with Crippen LogP contribution < -0.4 is 19.9 Å². The number of halogens is 1. The Labute approximate surface area is 241 Å². The average molecular weight is 577 g/mol. The first-order valence-corrected chi connectivity index (χ1v) is 14.8. The number of methoxy groups -OCH3 is 2. The van der Waals surface area contributed by atoms with Gasteiger partial charge in [-0.05, 0) is 49.3 Å². The number of fused-ring (bicyclic) bond motifs is 1. The van der Waals surface area contributed by atoms with Crippen LogP contribution in [0.5, 0.6) is 11.5 Å². The van der Waals surface area contributed by atoms with Crippen molar-refractivity contribution in [2.24, 2.45) is 0 Å². The molecule has 0 unspecified atom stereocenters. The molecule has 4 aromatic rings. The summed E-state index contributed by atoms with van der Waals surface area (Å²) < 4.78 is 27.8. The van der Waals surface area contributed by atoms with Gasteiger partial charge in [-0.25, -0.2) is 14.4 Å². The van der Waals surface area contributed by atoms with Crippen molar-refractivity contribution in [3.05, 3.63) is 75.8 Å². The Hall–Kier alpha value is -3.79. The summed E-state index contributed by atoms with van der Waals surface area (Å²) in [6, 6.07) is 15.1. The molecule has 2 aliphatic rings. The fourth-order valence-electron chi connectivity index (χ4n) is 5.66. The van der Waals surface area contributed by atoms with Crippen LogP contribution in [0.15, 0.2) is 53.3 Å². The molecule has 6 rings (SSSR count). The van der Waals surface area contributed by atoms with Gasteiger partial charge in [0.15, 0.2) is 32.8 Å². The number of benzene rings is 2. The highest BCUT2D eigenvalue weighted by molar-refractivity contribution is 7.21. The minimum absolute atomic E-state index is 0.0883. The van der Waals surface area contributed by atoms with E-state index >= 15 is 4.39 Å². The van der Waals surface area contributed by atoms with Crippen LogP contribution in [0.2, 0.25) is 0 Å². The van der Waals surface area contributed by atoms with Crippen LogP contribution in [0.25, 0.3) is 10.3 Å². The number of rotatable bonds is 10. The van der Waals surface area contributed by atoms with Crippen LogP contribution in [-0.2, 0) is 17.0 Å². The number of thiazole rings is 1. The summed E-state index contributed by atoms with van der Waals surface area (Å²) in [5.41, 5.74) is -0.00126. The molecule has 214 valence electrons. The van der Waals surface area contributed by atoms with Gasteiger partial charge in [-0.15, -0.1) is 0 Å². The molecule has 2 fully saturated rings. The van der Waals surface area contributed by atoms with Crippen molar-refractivity contribution in [1.29, 1.82) is 0 Å². The smallest absolute Gasteiger partial charge is 0.281 e. The summed E-state index contributed by atoms with van der Waals surface area (Å²) in [4.78, 5) is 39.1. The van der Waals surface area contributed by atoms with E-state index in [1.165, 1.54) is 15.9 Å². The number of alkyl halides is 1. The second-order valence-corrected chi connectivity index (χ2v) is 11.9. The van der Waals surface area contributed by atoms with E-state index < -0.39 is 11.2 Å². The largest absolute Gasteiger partial charge is 0.497 e. The molecular weight excluding hydrogens is 543 g/mol. The van der Waals surface area contributed by atoms with Gasteiger partial charge in [0.25, 0.3) is 5.56 Å². The zero-order valence-corrected chi connectivity index (χ0v) is 24.2. The molecule has 3 heterocycles. The lowest BCUT2D eigenvalue weighted by atomic mass is 9.93. The van der Waals surface area contributed by atoms with Crippen LogP contribution in [-0.4, -0.2) is 47.1 Å². The molecule has 0 bridgehead atoms. The summed E-state index contributed by atoms with van der Waals surface area (Å²) in [5, 5.41) is 0.585. The molecule has 41 heavy (non-hydrogen) atoms. The van der Waals surface area contributed by atoms with E-state index in [0.29, 0.717) is 52.8 Å². The van der Waals surface area contributed by atoms with Gasteiger partial charge in [0.05, 0.1) is 26.8 Å². The highest BCUT2D eigenvalue weighted by Gasteiger charge is 2.49. The number of aromatic nitrogens is 3. The van der Waals surface area contributed by atoms with Gasteiger partial charge in [0, 0.05) is 24.6 Å². The van der Waals surface area contributed by atoms with Crippen LogP contribution in [0.1, 0.15) is 61.9 Å². The monoisotopic (exact) mass is 576 g/mol. The number of carbonyl (C=O) groups excluding carboxylic acids is 1. The number of nitrogens with zero attached hydrogens (tertiary/aromatic N) is 4. The molecule has 10 heteroatoms. The molecule has 0 radical (unpaired) electrons. The van der Waals surface area contributed by atoms with Crippen molar-refractivity contribution < 1.29 is 18.7 Å². The van der Waals surface area contributed by atoms with Gasteiger partial charge in [-0.3, -0.25) is 14.2 Å². The second kappa shape index (κ2) is 10.9. The molecule has 1 saturated heterocycles. The van der Waals surface area contributed by atoms with Crippen LogP contribution >= 0.6 is 11.3 Å². The molecule has 1 aliphatic heterocycles. The molecule has 1 saturated carbocycles. The fraction of sp³-hybridized carbons (Fsp3) is 0.419. The molecule has 0 spiro atoms. The van der Waals surface area contributed by atoms with Crippen molar-refractivity contribution in [1.82, 2.24) is 14.5 Å². The lowest BCUT2D eigenvalue weighted by Gasteiger charge is -2.24. The molecule has 8 nitrogen and oxygen atoms in total. The Morgan fingerprint density at radius 3 is 2.63 bits per heavy atom. The van der Waals surface area contributed by atoms with Crippen molar-refractivity contribution in [2.75, 3.05) is 25.7 Å². The Kier molecular flexibility index (Phi) is 7.27. The lowest BCUT2D eigenvalue weighted by molar-refractivity contribution is -0.120. The third kappa shape index (κ3) is 5.21. The van der Waals surface area contributed by atoms with Crippen molar-refractivity contribution in [3.63, 3.8) is 0 Å². The van der Waals surface area contributed by atoms with Gasteiger partial charge in [-0.1, -0.05) is 48.6 Å². The quantitative estimate of drug-likeness (QED) is 0.243. The number of anilines is 1. The van der Waals surface area contributed by atoms with Gasteiger partial charge < -0.3 is 14.4 Å². The zero-order valence-electron chi connectivity index (χ0n) is 23.4. The first kappa shape index (κ1) is 27.4. The van der Waals surface area contributed by atoms with E-state index in [-0.39, 0.29) is 35.6 Å². The van der Waals surface area contributed by atoms with Gasteiger partial charge in [0.2, 0.25) is 0 Å². The predicted octanol–water partition coefficient (Wildman–Crippen LogP) is 5.61. The lowest BCUT2D eigenvalue weighted by Crippen LogP contribution is -2.36. The van der Waals surface area contributed by atoms with E-state index in [0.717, 1.165) is 18.4 Å². The third-order valence-electron chi connectivity index (χ3n) is 8.17. The summed E-state index contributed by atoms with van der Waals surface area (Å²) >= 11 is 1.26. The standard InChI is InChI=1S/C31H33FN4O4S/c1-19(20-8-5-4-6-9-20)16-24(37)23-10-7-15-35(23)30-33-26-27(41-30)34-29(31(32)13-14-31)36(28(26)38)18-21-11-12-22(39-2)17-25(21)40-3/h4-6,8-9,11-12,17,19,23H,7,10,13-16,18H2,1-3H3/t19-,23+/m0/s1. The van der Waals surface area contributed by atoms with Gasteiger partial charge in [0.1, 0.15) is 11.5 Å². The highest BCUT2D eigenvalue weighted by atomic mass is 32.1. The molecule has 1 aliphatic carbocycles. The van der Waals surface area contributed by atoms with Crippen molar-refractivity contribution >= 4 is 32.6 Å². The van der Waals surface area contributed by atoms with E-state index in [9.17, 15) is 9.59 Å². The number of Topliss-reactive ketones (excluding diaryl/α,β-unsaturated/α-hetero) is 1. The van der Waals surface area contributed by atoms with Crippen molar-refractivity contribution in [2.45, 2.75) is 63.2 Å². The van der Waals surface area contributed by atoms with Gasteiger partial charge >= 0.3 is 0 Å². The molecule has 2 atom stereocenters. The van der Waals surface area contributed by atoms with Crippen molar-refractivity contribution in [3.8, 4) is 11.5 Å². The summed E-state index contributed by atoms with van der Waals surface area (Å²) in [7, 11) is 3.11. The Bertz CT molecular complexity index is 1650. The summed E-state index contributed by atoms with van der Waals surface area (Å²) in [6.07, 6.45) is 2.67. The summed E-state index contributed by atoms with van der Waals surface area (Å²) in [6.45, 7) is 2.83. The minimum Gasteiger partial charge on any atom is -0.497 e. The van der Waals surface area contributed by atoms with Crippen LogP contribution in [0, 0.1) is 0 Å². The second-order valence-electron chi connectivity index (χ2n) is 11.0. The topological polar surface area (TPSA) is 86.5 Å².